The highest BCUT2D eigenvalue weighted by molar-refractivity contribution is 5.96. The van der Waals surface area contributed by atoms with Gasteiger partial charge < -0.3 is 10.4 Å². The number of aliphatic carboxylic acids is 1. The molecule has 0 aliphatic heterocycles. The number of carbonyl (C=O) groups is 2. The van der Waals surface area contributed by atoms with Gasteiger partial charge in [0.05, 0.1) is 17.5 Å². The van der Waals surface area contributed by atoms with Gasteiger partial charge in [-0.3, -0.25) is 9.59 Å². The molecule has 2 aliphatic rings. The van der Waals surface area contributed by atoms with Crippen molar-refractivity contribution in [1.82, 2.24) is 0 Å². The van der Waals surface area contributed by atoms with Crippen LogP contribution in [-0.4, -0.2) is 17.0 Å². The molecule has 4 atom stereocenters. The summed E-state index contributed by atoms with van der Waals surface area (Å²) in [6.45, 7) is 0. The van der Waals surface area contributed by atoms with Crippen molar-refractivity contribution < 1.29 is 19.1 Å². The number of carboxylic acids is 1. The minimum atomic E-state index is -0.962. The number of hydrogen-bond donors (Lipinski definition) is 2. The van der Waals surface area contributed by atoms with Crippen molar-refractivity contribution in [3.8, 4) is 0 Å². The second kappa shape index (κ2) is 4.74. The van der Waals surface area contributed by atoms with Gasteiger partial charge in [-0.15, -0.1) is 0 Å². The van der Waals surface area contributed by atoms with E-state index in [9.17, 15) is 19.1 Å². The van der Waals surface area contributed by atoms with E-state index in [0.717, 1.165) is 0 Å². The molecule has 0 spiro atoms. The van der Waals surface area contributed by atoms with Gasteiger partial charge in [0.1, 0.15) is 5.82 Å². The molecule has 4 unspecified atom stereocenters. The van der Waals surface area contributed by atoms with Gasteiger partial charge in [0.15, 0.2) is 0 Å². The van der Waals surface area contributed by atoms with Crippen LogP contribution in [0, 0.1) is 29.5 Å². The smallest absolute Gasteiger partial charge is 0.307 e. The van der Waals surface area contributed by atoms with Crippen LogP contribution in [-0.2, 0) is 9.59 Å². The summed E-state index contributed by atoms with van der Waals surface area (Å²) in [4.78, 5) is 23.6. The molecule has 0 heterocycles. The third kappa shape index (κ3) is 1.99. The third-order valence-corrected chi connectivity index (χ3v) is 4.18. The van der Waals surface area contributed by atoms with Gasteiger partial charge in [-0.25, -0.2) is 4.39 Å². The summed E-state index contributed by atoms with van der Waals surface area (Å²) < 4.78 is 13.5. The molecule has 1 amide bonds. The zero-order valence-electron chi connectivity index (χ0n) is 10.6. The Bertz CT molecular complexity index is 599. The lowest BCUT2D eigenvalue weighted by Crippen LogP contribution is -2.36. The molecule has 4 nitrogen and oxygen atoms in total. The number of carboxylic acid groups (broad SMARTS) is 1. The summed E-state index contributed by atoms with van der Waals surface area (Å²) in [7, 11) is 0. The van der Waals surface area contributed by atoms with Crippen molar-refractivity contribution in [3.63, 3.8) is 0 Å². The van der Waals surface area contributed by atoms with Crippen molar-refractivity contribution in [2.24, 2.45) is 23.7 Å². The van der Waals surface area contributed by atoms with E-state index >= 15 is 0 Å². The topological polar surface area (TPSA) is 66.4 Å². The van der Waals surface area contributed by atoms with E-state index < -0.39 is 29.5 Å². The fourth-order valence-corrected chi connectivity index (χ4v) is 3.29. The number of nitrogens with one attached hydrogen (secondary N) is 1. The molecule has 104 valence electrons. The second-order valence-electron chi connectivity index (χ2n) is 5.31. The number of hydrogen-bond acceptors (Lipinski definition) is 2. The average Bonchev–Trinajstić information content (AvgIpc) is 3.01. The van der Waals surface area contributed by atoms with Gasteiger partial charge in [0.2, 0.25) is 5.91 Å². The van der Waals surface area contributed by atoms with E-state index in [1.807, 2.05) is 12.2 Å². The van der Waals surface area contributed by atoms with Crippen molar-refractivity contribution in [2.75, 3.05) is 5.32 Å². The van der Waals surface area contributed by atoms with Crippen LogP contribution in [0.5, 0.6) is 0 Å². The number of halogens is 1. The zero-order chi connectivity index (χ0) is 14.3. The Kier molecular flexibility index (Phi) is 3.04. The van der Waals surface area contributed by atoms with Gasteiger partial charge in [0.25, 0.3) is 0 Å². The molecular weight excluding hydrogens is 261 g/mol. The van der Waals surface area contributed by atoms with Crippen LogP contribution in [0.15, 0.2) is 36.4 Å². The lowest BCUT2D eigenvalue weighted by Gasteiger charge is -2.23. The van der Waals surface area contributed by atoms with Crippen LogP contribution >= 0.6 is 0 Å². The first-order valence-corrected chi connectivity index (χ1v) is 6.54. The molecule has 0 radical (unpaired) electrons. The molecule has 1 aromatic carbocycles. The molecule has 2 N–H and O–H groups in total. The zero-order valence-corrected chi connectivity index (χ0v) is 10.6. The van der Waals surface area contributed by atoms with Gasteiger partial charge in [0, 0.05) is 0 Å². The van der Waals surface area contributed by atoms with E-state index in [4.69, 9.17) is 0 Å². The van der Waals surface area contributed by atoms with E-state index in [1.165, 1.54) is 18.2 Å². The average molecular weight is 275 g/mol. The Labute approximate surface area is 115 Å². The fraction of sp³-hybridized carbons (Fsp3) is 0.333. The third-order valence-electron chi connectivity index (χ3n) is 4.18. The number of anilines is 1. The first kappa shape index (κ1) is 12.8. The maximum Gasteiger partial charge on any atom is 0.307 e. The van der Waals surface area contributed by atoms with Gasteiger partial charge in [-0.1, -0.05) is 24.3 Å². The Morgan fingerprint density at radius 2 is 1.80 bits per heavy atom. The standard InChI is InChI=1S/C15H14FNO3/c16-10-3-1-2-4-11(10)17-14(18)12-8-5-6-9(7-8)13(12)15(19)20/h1-6,8-9,12-13H,7H2,(H,17,18)(H,19,20). The maximum atomic E-state index is 13.5. The Balaban J connectivity index is 1.82. The minimum Gasteiger partial charge on any atom is -0.481 e. The molecule has 1 fully saturated rings. The number of para-hydroxylation sites is 1. The van der Waals surface area contributed by atoms with E-state index in [1.54, 1.807) is 6.07 Å². The molecule has 0 saturated heterocycles. The Morgan fingerprint density at radius 1 is 1.15 bits per heavy atom. The van der Waals surface area contributed by atoms with Crippen LogP contribution in [0.3, 0.4) is 0 Å². The predicted octanol–water partition coefficient (Wildman–Crippen LogP) is 2.29. The van der Waals surface area contributed by atoms with Crippen LogP contribution in [0.2, 0.25) is 0 Å². The van der Waals surface area contributed by atoms with Gasteiger partial charge in [-0.05, 0) is 30.4 Å². The SMILES string of the molecule is O=C(O)C1C2C=CC(C2)C1C(=O)Nc1ccccc1F. The van der Waals surface area contributed by atoms with Gasteiger partial charge >= 0.3 is 5.97 Å². The number of carbonyl (C=O) groups excluding carboxylic acids is 1. The summed E-state index contributed by atoms with van der Waals surface area (Å²) in [6, 6.07) is 5.87. The quantitative estimate of drug-likeness (QED) is 0.832. The predicted molar refractivity (Wildman–Crippen MR) is 70.4 cm³/mol. The summed E-state index contributed by atoms with van der Waals surface area (Å²) in [5.41, 5.74) is 0.0911. The molecule has 1 saturated carbocycles. The molecule has 2 bridgehead atoms. The number of fused-ring (bicyclic) bond motifs is 2. The maximum absolute atomic E-state index is 13.5. The second-order valence-corrected chi connectivity index (χ2v) is 5.31. The first-order chi connectivity index (χ1) is 9.58. The van der Waals surface area contributed by atoms with E-state index in [0.29, 0.717) is 6.42 Å². The van der Waals surface area contributed by atoms with Crippen molar-refractivity contribution in [2.45, 2.75) is 6.42 Å². The van der Waals surface area contributed by atoms with Crippen LogP contribution in [0.4, 0.5) is 10.1 Å². The first-order valence-electron chi connectivity index (χ1n) is 6.54. The van der Waals surface area contributed by atoms with Crippen molar-refractivity contribution in [3.05, 3.63) is 42.2 Å². The van der Waals surface area contributed by atoms with Crippen molar-refractivity contribution in [1.29, 1.82) is 0 Å². The molecule has 2 aliphatic carbocycles. The lowest BCUT2D eigenvalue weighted by atomic mass is 9.82. The molecule has 20 heavy (non-hydrogen) atoms. The fourth-order valence-electron chi connectivity index (χ4n) is 3.29. The van der Waals surface area contributed by atoms with Crippen molar-refractivity contribution >= 4 is 17.6 Å². The number of benzene rings is 1. The lowest BCUT2D eigenvalue weighted by molar-refractivity contribution is -0.146. The molecule has 1 aromatic rings. The van der Waals surface area contributed by atoms with Crippen LogP contribution < -0.4 is 5.32 Å². The molecule has 3 rings (SSSR count). The van der Waals surface area contributed by atoms with Gasteiger partial charge in [-0.2, -0.15) is 0 Å². The highest BCUT2D eigenvalue weighted by Gasteiger charge is 2.51. The largest absolute Gasteiger partial charge is 0.481 e. The molecular formula is C15H14FNO3. The van der Waals surface area contributed by atoms with E-state index in [2.05, 4.69) is 5.32 Å². The molecule has 0 aromatic heterocycles. The number of allylic oxidation sites excluding steroid dienone is 2. The number of rotatable bonds is 3. The minimum absolute atomic E-state index is 0.0622. The van der Waals surface area contributed by atoms with E-state index in [-0.39, 0.29) is 17.5 Å². The molecule has 5 heteroatoms. The van der Waals surface area contributed by atoms with Crippen LogP contribution in [0.25, 0.3) is 0 Å². The summed E-state index contributed by atoms with van der Waals surface area (Å²) in [6.07, 6.45) is 4.46. The Hall–Kier alpha value is -2.17. The highest BCUT2D eigenvalue weighted by Crippen LogP contribution is 2.48. The monoisotopic (exact) mass is 275 g/mol. The normalized spacial score (nSPS) is 30.4. The summed E-state index contributed by atoms with van der Waals surface area (Å²) >= 11 is 0. The summed E-state index contributed by atoms with van der Waals surface area (Å²) in [5, 5.41) is 11.8. The van der Waals surface area contributed by atoms with Crippen LogP contribution in [0.1, 0.15) is 6.42 Å². The highest BCUT2D eigenvalue weighted by atomic mass is 19.1. The number of amides is 1. The summed E-state index contributed by atoms with van der Waals surface area (Å²) in [5.74, 6) is -3.39. The Morgan fingerprint density at radius 3 is 2.45 bits per heavy atom.